The molecule has 6 heteroatoms. The summed E-state index contributed by atoms with van der Waals surface area (Å²) in [6.07, 6.45) is 6.59. The van der Waals surface area contributed by atoms with Crippen LogP contribution in [0.3, 0.4) is 0 Å². The standard InChI is InChI=1S/C13H9N5S/c19-12-7-10(9-3-1-2-4-15-9)17-13(18-12)11-8-14-5-6-16-11/h1-8H,(H,17,18,19). The molecule has 0 unspecified atom stereocenters. The largest absolute Gasteiger partial charge is 0.336 e. The molecule has 3 aromatic heterocycles. The average Bonchev–Trinajstić information content (AvgIpc) is 2.48. The maximum atomic E-state index is 5.18. The quantitative estimate of drug-likeness (QED) is 0.723. The zero-order chi connectivity index (χ0) is 13.1. The van der Waals surface area contributed by atoms with E-state index in [1.54, 1.807) is 30.9 Å². The lowest BCUT2D eigenvalue weighted by molar-refractivity contribution is 1.10. The second-order valence-corrected chi connectivity index (χ2v) is 4.21. The predicted molar refractivity (Wildman–Crippen MR) is 73.7 cm³/mol. The molecule has 92 valence electrons. The second-order valence-electron chi connectivity index (χ2n) is 3.79. The van der Waals surface area contributed by atoms with Gasteiger partial charge < -0.3 is 4.98 Å². The van der Waals surface area contributed by atoms with Crippen LogP contribution >= 0.6 is 12.2 Å². The fourth-order valence-corrected chi connectivity index (χ4v) is 1.87. The van der Waals surface area contributed by atoms with E-state index in [0.717, 1.165) is 11.4 Å². The summed E-state index contributed by atoms with van der Waals surface area (Å²) in [5.41, 5.74) is 2.26. The lowest BCUT2D eigenvalue weighted by Gasteiger charge is -2.04. The molecule has 3 aromatic rings. The molecular formula is C13H9N5S. The number of H-pyrrole nitrogens is 1. The Morgan fingerprint density at radius 3 is 2.63 bits per heavy atom. The minimum Gasteiger partial charge on any atom is -0.336 e. The summed E-state index contributed by atoms with van der Waals surface area (Å²) in [5, 5.41) is 0. The molecule has 0 aliphatic carbocycles. The Morgan fingerprint density at radius 1 is 1.00 bits per heavy atom. The van der Waals surface area contributed by atoms with Crippen LogP contribution in [0.15, 0.2) is 49.1 Å². The van der Waals surface area contributed by atoms with Crippen LogP contribution in [-0.2, 0) is 0 Å². The van der Waals surface area contributed by atoms with Crippen molar-refractivity contribution in [1.29, 1.82) is 0 Å². The molecule has 3 heterocycles. The number of aromatic nitrogens is 5. The van der Waals surface area contributed by atoms with Crippen molar-refractivity contribution in [3.8, 4) is 22.9 Å². The van der Waals surface area contributed by atoms with E-state index in [4.69, 9.17) is 12.2 Å². The normalized spacial score (nSPS) is 10.3. The maximum absolute atomic E-state index is 5.18. The first-order chi connectivity index (χ1) is 9.33. The van der Waals surface area contributed by atoms with E-state index in [1.165, 1.54) is 0 Å². The van der Waals surface area contributed by atoms with Crippen molar-refractivity contribution in [2.45, 2.75) is 0 Å². The minimum atomic E-state index is 0.486. The first-order valence-corrected chi connectivity index (χ1v) is 6.03. The van der Waals surface area contributed by atoms with Crippen LogP contribution in [0.1, 0.15) is 0 Å². The molecule has 0 spiro atoms. The lowest BCUT2D eigenvalue weighted by atomic mass is 10.2. The van der Waals surface area contributed by atoms with E-state index in [9.17, 15) is 0 Å². The van der Waals surface area contributed by atoms with Gasteiger partial charge in [0, 0.05) is 24.7 Å². The van der Waals surface area contributed by atoms with Gasteiger partial charge in [0.05, 0.1) is 17.6 Å². The molecule has 0 aliphatic heterocycles. The molecule has 5 nitrogen and oxygen atoms in total. The average molecular weight is 267 g/mol. The topological polar surface area (TPSA) is 67.3 Å². The van der Waals surface area contributed by atoms with Crippen LogP contribution in [0, 0.1) is 4.64 Å². The van der Waals surface area contributed by atoms with E-state index >= 15 is 0 Å². The van der Waals surface area contributed by atoms with Gasteiger partial charge >= 0.3 is 0 Å². The second kappa shape index (κ2) is 5.03. The minimum absolute atomic E-state index is 0.486. The van der Waals surface area contributed by atoms with E-state index in [0.29, 0.717) is 16.2 Å². The van der Waals surface area contributed by atoms with Gasteiger partial charge in [0.15, 0.2) is 5.82 Å². The molecule has 0 aliphatic rings. The van der Waals surface area contributed by atoms with Gasteiger partial charge in [-0.1, -0.05) is 18.3 Å². The Balaban J connectivity index is 2.15. The summed E-state index contributed by atoms with van der Waals surface area (Å²) < 4.78 is 0.486. The van der Waals surface area contributed by atoms with Crippen molar-refractivity contribution in [1.82, 2.24) is 24.9 Å². The molecule has 1 N–H and O–H groups in total. The number of nitrogens with one attached hydrogen (secondary N) is 1. The number of aromatic amines is 1. The summed E-state index contributed by atoms with van der Waals surface area (Å²) in [4.78, 5) is 19.9. The number of hydrogen-bond donors (Lipinski definition) is 1. The fourth-order valence-electron chi connectivity index (χ4n) is 1.66. The first kappa shape index (κ1) is 11.6. The molecular weight excluding hydrogens is 258 g/mol. The Kier molecular flexibility index (Phi) is 3.07. The van der Waals surface area contributed by atoms with Crippen molar-refractivity contribution in [2.24, 2.45) is 0 Å². The summed E-state index contributed by atoms with van der Waals surface area (Å²) in [6, 6.07) is 7.46. The highest BCUT2D eigenvalue weighted by Crippen LogP contribution is 2.17. The van der Waals surface area contributed by atoms with Crippen LogP contribution in [0.5, 0.6) is 0 Å². The van der Waals surface area contributed by atoms with Gasteiger partial charge in [-0.05, 0) is 12.1 Å². The van der Waals surface area contributed by atoms with Crippen molar-refractivity contribution in [3.63, 3.8) is 0 Å². The van der Waals surface area contributed by atoms with Crippen molar-refractivity contribution >= 4 is 12.2 Å². The number of rotatable bonds is 2. The monoisotopic (exact) mass is 267 g/mol. The van der Waals surface area contributed by atoms with Crippen LogP contribution in [-0.4, -0.2) is 24.9 Å². The van der Waals surface area contributed by atoms with Gasteiger partial charge in [0.2, 0.25) is 0 Å². The Hall–Kier alpha value is -2.47. The molecule has 0 saturated heterocycles. The number of nitrogens with zero attached hydrogens (tertiary/aromatic N) is 4. The summed E-state index contributed by atoms with van der Waals surface area (Å²) in [6.45, 7) is 0. The van der Waals surface area contributed by atoms with Gasteiger partial charge in [0.25, 0.3) is 0 Å². The third-order valence-electron chi connectivity index (χ3n) is 2.49. The molecule has 3 rings (SSSR count). The smallest absolute Gasteiger partial charge is 0.159 e. The lowest BCUT2D eigenvalue weighted by Crippen LogP contribution is -1.96. The predicted octanol–water partition coefficient (Wildman–Crippen LogP) is 2.66. The highest BCUT2D eigenvalue weighted by molar-refractivity contribution is 7.71. The van der Waals surface area contributed by atoms with Crippen LogP contribution < -0.4 is 0 Å². The van der Waals surface area contributed by atoms with Crippen LogP contribution in [0.25, 0.3) is 22.9 Å². The SMILES string of the molecule is S=c1cc(-c2ccccn2)[nH]c(-c2cnccn2)n1. The van der Waals surface area contributed by atoms with Crippen LogP contribution in [0.4, 0.5) is 0 Å². The van der Waals surface area contributed by atoms with Crippen molar-refractivity contribution < 1.29 is 0 Å². The maximum Gasteiger partial charge on any atom is 0.159 e. The molecule has 0 atom stereocenters. The third kappa shape index (κ3) is 2.53. The highest BCUT2D eigenvalue weighted by atomic mass is 32.1. The Bertz CT molecular complexity index is 679. The van der Waals surface area contributed by atoms with Gasteiger partial charge in [-0.25, -0.2) is 9.97 Å². The molecule has 0 saturated carbocycles. The molecule has 0 aromatic carbocycles. The van der Waals surface area contributed by atoms with E-state index in [2.05, 4.69) is 24.9 Å². The summed E-state index contributed by atoms with van der Waals surface area (Å²) in [5.74, 6) is 0.584. The van der Waals surface area contributed by atoms with Crippen molar-refractivity contribution in [2.75, 3.05) is 0 Å². The summed E-state index contributed by atoms with van der Waals surface area (Å²) >= 11 is 5.18. The van der Waals surface area contributed by atoms with E-state index in [-0.39, 0.29) is 0 Å². The zero-order valence-corrected chi connectivity index (χ0v) is 10.6. The number of pyridine rings is 1. The van der Waals surface area contributed by atoms with Gasteiger partial charge in [-0.2, -0.15) is 0 Å². The first-order valence-electron chi connectivity index (χ1n) is 5.62. The van der Waals surface area contributed by atoms with Crippen molar-refractivity contribution in [3.05, 3.63) is 53.7 Å². The summed E-state index contributed by atoms with van der Waals surface area (Å²) in [7, 11) is 0. The molecule has 0 radical (unpaired) electrons. The van der Waals surface area contributed by atoms with Gasteiger partial charge in [-0.3, -0.25) is 9.97 Å². The molecule has 0 bridgehead atoms. The van der Waals surface area contributed by atoms with Gasteiger partial charge in [0.1, 0.15) is 10.3 Å². The molecule has 0 fully saturated rings. The van der Waals surface area contributed by atoms with E-state index in [1.807, 2.05) is 18.2 Å². The number of hydrogen-bond acceptors (Lipinski definition) is 5. The highest BCUT2D eigenvalue weighted by Gasteiger charge is 2.05. The van der Waals surface area contributed by atoms with Gasteiger partial charge in [-0.15, -0.1) is 0 Å². The molecule has 19 heavy (non-hydrogen) atoms. The van der Waals surface area contributed by atoms with Crippen LogP contribution in [0.2, 0.25) is 0 Å². The van der Waals surface area contributed by atoms with E-state index < -0.39 is 0 Å². The zero-order valence-electron chi connectivity index (χ0n) is 9.82. The Morgan fingerprint density at radius 2 is 1.89 bits per heavy atom. The molecule has 0 amide bonds. The third-order valence-corrected chi connectivity index (χ3v) is 2.70. The Labute approximate surface area is 114 Å². The fraction of sp³-hybridized carbons (Fsp3) is 0.